The van der Waals surface area contributed by atoms with Crippen LogP contribution in [0.5, 0.6) is 0 Å². The van der Waals surface area contributed by atoms with Crippen LogP contribution in [0.25, 0.3) is 0 Å². The van der Waals surface area contributed by atoms with Crippen molar-refractivity contribution in [3.05, 3.63) is 18.0 Å². The minimum Gasteiger partial charge on any atom is -0.356 e. The van der Waals surface area contributed by atoms with Gasteiger partial charge in [-0.3, -0.25) is 4.79 Å². The highest BCUT2D eigenvalue weighted by atomic mass is 35.7. The molecule has 0 saturated heterocycles. The monoisotopic (exact) mass is 318 g/mol. The normalized spacial score (nSPS) is 22.4. The molecule has 1 amide bonds. The molecule has 1 heterocycles. The average Bonchev–Trinajstić information content (AvgIpc) is 2.76. The van der Waals surface area contributed by atoms with Crippen LogP contribution in [0.3, 0.4) is 0 Å². The SMILES string of the molecule is CC1(C)CCCC(NC(=O)c2cc(S(=O)(=O)Cl)c[nH]2)C1. The number of nitrogens with one attached hydrogen (secondary N) is 2. The topological polar surface area (TPSA) is 79.0 Å². The van der Waals surface area contributed by atoms with Gasteiger partial charge < -0.3 is 10.3 Å². The van der Waals surface area contributed by atoms with Gasteiger partial charge in [0.25, 0.3) is 15.0 Å². The highest BCUT2D eigenvalue weighted by Crippen LogP contribution is 2.35. The van der Waals surface area contributed by atoms with Crippen molar-refractivity contribution in [3.63, 3.8) is 0 Å². The Bertz CT molecular complexity index is 607. The fourth-order valence-corrected chi connectivity index (χ4v) is 3.46. The molecule has 1 aliphatic carbocycles. The number of H-pyrrole nitrogens is 1. The Kier molecular flexibility index (Phi) is 4.16. The van der Waals surface area contributed by atoms with Crippen LogP contribution in [-0.4, -0.2) is 25.4 Å². The Hall–Kier alpha value is -1.01. The molecule has 0 radical (unpaired) electrons. The summed E-state index contributed by atoms with van der Waals surface area (Å²) in [7, 11) is 1.42. The van der Waals surface area contributed by atoms with E-state index < -0.39 is 9.05 Å². The molecule has 1 aromatic rings. The van der Waals surface area contributed by atoms with Gasteiger partial charge in [-0.05, 0) is 30.7 Å². The van der Waals surface area contributed by atoms with Gasteiger partial charge in [-0.1, -0.05) is 20.3 Å². The van der Waals surface area contributed by atoms with Crippen LogP contribution in [0.15, 0.2) is 17.2 Å². The minimum absolute atomic E-state index is 0.0895. The Morgan fingerprint density at radius 3 is 2.75 bits per heavy atom. The molecule has 112 valence electrons. The second kappa shape index (κ2) is 5.41. The van der Waals surface area contributed by atoms with E-state index in [1.54, 1.807) is 0 Å². The molecule has 0 aromatic carbocycles. The van der Waals surface area contributed by atoms with Gasteiger partial charge in [-0.25, -0.2) is 8.42 Å². The van der Waals surface area contributed by atoms with Crippen LogP contribution in [-0.2, 0) is 9.05 Å². The van der Waals surface area contributed by atoms with E-state index in [1.807, 2.05) is 0 Å². The fraction of sp³-hybridized carbons (Fsp3) is 0.615. The lowest BCUT2D eigenvalue weighted by Crippen LogP contribution is -2.40. The molecule has 0 spiro atoms. The summed E-state index contributed by atoms with van der Waals surface area (Å²) in [6.45, 7) is 4.39. The summed E-state index contributed by atoms with van der Waals surface area (Å²) < 4.78 is 22.3. The zero-order valence-corrected chi connectivity index (χ0v) is 13.1. The summed E-state index contributed by atoms with van der Waals surface area (Å²) in [4.78, 5) is 14.6. The van der Waals surface area contributed by atoms with Crippen LogP contribution >= 0.6 is 10.7 Å². The molecular weight excluding hydrogens is 300 g/mol. The van der Waals surface area contributed by atoms with Crippen molar-refractivity contribution in [2.45, 2.75) is 50.5 Å². The summed E-state index contributed by atoms with van der Waals surface area (Å²) in [5.74, 6) is -0.292. The van der Waals surface area contributed by atoms with E-state index in [4.69, 9.17) is 10.7 Å². The maximum Gasteiger partial charge on any atom is 0.267 e. The molecule has 1 saturated carbocycles. The lowest BCUT2D eigenvalue weighted by atomic mass is 9.75. The average molecular weight is 319 g/mol. The van der Waals surface area contributed by atoms with Crippen molar-refractivity contribution in [2.75, 3.05) is 0 Å². The Balaban J connectivity index is 2.03. The first kappa shape index (κ1) is 15.4. The standard InChI is InChI=1S/C13H19ClN2O3S/c1-13(2)5-3-4-9(7-13)16-12(17)11-6-10(8-15-11)20(14,18)19/h6,8-9,15H,3-5,7H2,1-2H3,(H,16,17). The molecule has 1 aliphatic rings. The second-order valence-electron chi connectivity index (χ2n) is 6.12. The summed E-state index contributed by atoms with van der Waals surface area (Å²) in [5, 5.41) is 2.95. The molecule has 1 aromatic heterocycles. The van der Waals surface area contributed by atoms with Gasteiger partial charge in [0.2, 0.25) is 0 Å². The molecule has 2 N–H and O–H groups in total. The number of aromatic amines is 1. The third kappa shape index (κ3) is 3.76. The minimum atomic E-state index is -3.81. The largest absolute Gasteiger partial charge is 0.356 e. The highest BCUT2D eigenvalue weighted by Gasteiger charge is 2.29. The molecule has 0 aliphatic heterocycles. The highest BCUT2D eigenvalue weighted by molar-refractivity contribution is 8.13. The van der Waals surface area contributed by atoms with Gasteiger partial charge in [0.05, 0.1) is 0 Å². The quantitative estimate of drug-likeness (QED) is 0.841. The molecule has 5 nitrogen and oxygen atoms in total. The van der Waals surface area contributed by atoms with Crippen LogP contribution in [0.4, 0.5) is 0 Å². The number of aromatic nitrogens is 1. The van der Waals surface area contributed by atoms with Crippen molar-refractivity contribution in [2.24, 2.45) is 5.41 Å². The second-order valence-corrected chi connectivity index (χ2v) is 8.68. The lowest BCUT2D eigenvalue weighted by molar-refractivity contribution is 0.0898. The third-order valence-corrected chi connectivity index (χ3v) is 5.06. The van der Waals surface area contributed by atoms with Gasteiger partial charge in [0.15, 0.2) is 0 Å². The number of carbonyl (C=O) groups is 1. The zero-order chi connectivity index (χ0) is 15.0. The van der Waals surface area contributed by atoms with E-state index in [9.17, 15) is 13.2 Å². The maximum absolute atomic E-state index is 12.1. The molecule has 1 fully saturated rings. The van der Waals surface area contributed by atoms with Crippen molar-refractivity contribution < 1.29 is 13.2 Å². The lowest BCUT2D eigenvalue weighted by Gasteiger charge is -2.35. The molecule has 1 atom stereocenters. The number of halogens is 1. The van der Waals surface area contributed by atoms with E-state index in [1.165, 1.54) is 12.3 Å². The van der Waals surface area contributed by atoms with Crippen molar-refractivity contribution >= 4 is 25.6 Å². The summed E-state index contributed by atoms with van der Waals surface area (Å²) in [5.41, 5.74) is 0.448. The van der Waals surface area contributed by atoms with Gasteiger partial charge >= 0.3 is 0 Å². The maximum atomic E-state index is 12.1. The van der Waals surface area contributed by atoms with E-state index in [2.05, 4.69) is 24.1 Å². The van der Waals surface area contributed by atoms with Crippen LogP contribution in [0.1, 0.15) is 50.0 Å². The number of hydrogen-bond donors (Lipinski definition) is 2. The Morgan fingerprint density at radius 2 is 2.20 bits per heavy atom. The predicted molar refractivity (Wildman–Crippen MR) is 77.3 cm³/mol. The number of rotatable bonds is 3. The molecule has 2 rings (SSSR count). The molecule has 0 bridgehead atoms. The molecule has 20 heavy (non-hydrogen) atoms. The Morgan fingerprint density at radius 1 is 1.50 bits per heavy atom. The summed E-state index contributed by atoms with van der Waals surface area (Å²) >= 11 is 0. The first-order chi connectivity index (χ1) is 9.17. The van der Waals surface area contributed by atoms with Gasteiger partial charge in [-0.2, -0.15) is 0 Å². The van der Waals surface area contributed by atoms with Gasteiger partial charge in [0, 0.05) is 22.9 Å². The van der Waals surface area contributed by atoms with E-state index in [0.29, 0.717) is 0 Å². The predicted octanol–water partition coefficient (Wildman–Crippen LogP) is 2.64. The summed E-state index contributed by atoms with van der Waals surface area (Å²) in [6, 6.07) is 1.39. The van der Waals surface area contributed by atoms with E-state index in [0.717, 1.165) is 25.7 Å². The summed E-state index contributed by atoms with van der Waals surface area (Å²) in [6.07, 6.45) is 5.36. The van der Waals surface area contributed by atoms with Crippen LogP contribution in [0.2, 0.25) is 0 Å². The van der Waals surface area contributed by atoms with E-state index >= 15 is 0 Å². The smallest absolute Gasteiger partial charge is 0.267 e. The number of amides is 1. The zero-order valence-electron chi connectivity index (χ0n) is 11.6. The molecule has 1 unspecified atom stereocenters. The van der Waals surface area contributed by atoms with Crippen molar-refractivity contribution in [1.29, 1.82) is 0 Å². The van der Waals surface area contributed by atoms with Gasteiger partial charge in [-0.15, -0.1) is 0 Å². The number of carbonyl (C=O) groups excluding carboxylic acids is 1. The number of hydrogen-bond acceptors (Lipinski definition) is 3. The Labute approximate surface area is 123 Å². The van der Waals surface area contributed by atoms with Gasteiger partial charge in [0.1, 0.15) is 10.6 Å². The molecular formula is C13H19ClN2O3S. The van der Waals surface area contributed by atoms with Crippen LogP contribution < -0.4 is 5.32 Å². The van der Waals surface area contributed by atoms with E-state index in [-0.39, 0.29) is 28.0 Å². The first-order valence-electron chi connectivity index (χ1n) is 6.61. The van der Waals surface area contributed by atoms with Crippen molar-refractivity contribution in [3.8, 4) is 0 Å². The first-order valence-corrected chi connectivity index (χ1v) is 8.92. The molecule has 7 heteroatoms. The van der Waals surface area contributed by atoms with Crippen LogP contribution in [0, 0.1) is 5.41 Å². The van der Waals surface area contributed by atoms with Crippen molar-refractivity contribution in [1.82, 2.24) is 10.3 Å². The third-order valence-electron chi connectivity index (χ3n) is 3.72. The fourth-order valence-electron chi connectivity index (χ4n) is 2.73.